The van der Waals surface area contributed by atoms with Crippen LogP contribution >= 0.6 is 23.2 Å². The third-order valence-electron chi connectivity index (χ3n) is 4.42. The molecule has 0 spiro atoms. The molecule has 0 N–H and O–H groups in total. The van der Waals surface area contributed by atoms with Crippen molar-refractivity contribution in [2.45, 2.75) is 6.61 Å². The summed E-state index contributed by atoms with van der Waals surface area (Å²) < 4.78 is 8.66. The van der Waals surface area contributed by atoms with E-state index in [4.69, 9.17) is 27.9 Å². The van der Waals surface area contributed by atoms with Crippen LogP contribution in [0, 0.1) is 0 Å². The van der Waals surface area contributed by atoms with Crippen molar-refractivity contribution in [3.8, 4) is 5.69 Å². The number of hydrogen-bond donors (Lipinski definition) is 0. The zero-order valence-corrected chi connectivity index (χ0v) is 15.7. The van der Waals surface area contributed by atoms with Gasteiger partial charge in [-0.2, -0.15) is 0 Å². The second-order valence-electron chi connectivity index (χ2n) is 5.97. The fourth-order valence-corrected chi connectivity index (χ4v) is 3.62. The van der Waals surface area contributed by atoms with E-state index in [2.05, 4.69) is 4.98 Å². The number of halogens is 2. The predicted octanol–water partition coefficient (Wildman–Crippen LogP) is 4.33. The van der Waals surface area contributed by atoms with Crippen LogP contribution in [0.5, 0.6) is 0 Å². The summed E-state index contributed by atoms with van der Waals surface area (Å²) in [6, 6.07) is 12.7. The summed E-state index contributed by atoms with van der Waals surface area (Å²) in [5, 5.41) is 1.88. The number of pyridine rings is 1. The zero-order chi connectivity index (χ0) is 18.4. The van der Waals surface area contributed by atoms with Crippen LogP contribution in [-0.2, 0) is 18.4 Å². The number of imidazole rings is 1. The van der Waals surface area contributed by atoms with Gasteiger partial charge in [0.25, 0.3) is 5.56 Å². The highest BCUT2D eigenvalue weighted by molar-refractivity contribution is 6.33. The van der Waals surface area contributed by atoms with Gasteiger partial charge >= 0.3 is 0 Å². The number of rotatable bonds is 3. The molecular weight excluding hydrogens is 373 g/mol. The van der Waals surface area contributed by atoms with Crippen molar-refractivity contribution in [3.05, 3.63) is 68.7 Å². The largest absolute Gasteiger partial charge is 0.377 e. The Kier molecular flexibility index (Phi) is 4.23. The Bertz CT molecular complexity index is 1210. The van der Waals surface area contributed by atoms with Gasteiger partial charge in [-0.15, -0.1) is 0 Å². The highest BCUT2D eigenvalue weighted by Crippen LogP contribution is 2.29. The van der Waals surface area contributed by atoms with E-state index in [0.29, 0.717) is 39.2 Å². The SMILES string of the molecule is COCc1nc2c(=O)n(-c3ccccc3Cl)c3cc(Cl)ccc3c2n1C. The number of benzene rings is 2. The summed E-state index contributed by atoms with van der Waals surface area (Å²) in [7, 11) is 3.47. The van der Waals surface area contributed by atoms with E-state index in [0.717, 1.165) is 10.9 Å². The van der Waals surface area contributed by atoms with Crippen LogP contribution in [0.2, 0.25) is 10.0 Å². The third kappa shape index (κ3) is 2.51. The van der Waals surface area contributed by atoms with Crippen molar-refractivity contribution in [2.75, 3.05) is 7.11 Å². The van der Waals surface area contributed by atoms with Crippen LogP contribution in [0.25, 0.3) is 27.6 Å². The molecule has 0 aliphatic carbocycles. The average molecular weight is 388 g/mol. The molecular formula is C19H15Cl2N3O2. The Morgan fingerprint density at radius 3 is 2.65 bits per heavy atom. The Morgan fingerprint density at radius 2 is 1.92 bits per heavy atom. The number of ether oxygens (including phenoxy) is 1. The Hall–Kier alpha value is -2.34. The van der Waals surface area contributed by atoms with E-state index in [1.165, 1.54) is 0 Å². The number of para-hydroxylation sites is 1. The van der Waals surface area contributed by atoms with Gasteiger partial charge in [-0.05, 0) is 30.3 Å². The molecule has 0 saturated heterocycles. The molecule has 2 aromatic heterocycles. The lowest BCUT2D eigenvalue weighted by Gasteiger charge is -2.13. The molecule has 5 nitrogen and oxygen atoms in total. The Balaban J connectivity index is 2.24. The number of aromatic nitrogens is 3. The van der Waals surface area contributed by atoms with Crippen molar-refractivity contribution in [1.82, 2.24) is 14.1 Å². The molecule has 7 heteroatoms. The standard InChI is InChI=1S/C19H15Cl2N3O2/c1-23-16(10-26-2)22-17-18(23)12-8-7-11(20)9-15(12)24(19(17)25)14-6-4-3-5-13(14)21/h3-9H,10H2,1-2H3. The van der Waals surface area contributed by atoms with Gasteiger partial charge in [0.1, 0.15) is 12.4 Å². The van der Waals surface area contributed by atoms with Crippen LogP contribution < -0.4 is 5.56 Å². The Labute approximate surface area is 159 Å². The molecule has 2 aromatic carbocycles. The fraction of sp³-hybridized carbons (Fsp3) is 0.158. The number of hydrogen-bond acceptors (Lipinski definition) is 3. The second-order valence-corrected chi connectivity index (χ2v) is 6.81. The summed E-state index contributed by atoms with van der Waals surface area (Å²) in [6.07, 6.45) is 0. The first-order valence-corrected chi connectivity index (χ1v) is 8.72. The van der Waals surface area contributed by atoms with E-state index in [1.54, 1.807) is 35.9 Å². The first-order valence-electron chi connectivity index (χ1n) is 7.96. The van der Waals surface area contributed by atoms with Crippen molar-refractivity contribution in [1.29, 1.82) is 0 Å². The van der Waals surface area contributed by atoms with Crippen molar-refractivity contribution in [2.24, 2.45) is 7.05 Å². The minimum absolute atomic E-state index is 0.249. The molecule has 4 aromatic rings. The number of methoxy groups -OCH3 is 1. The molecule has 0 aliphatic heterocycles. The van der Waals surface area contributed by atoms with Gasteiger partial charge < -0.3 is 9.30 Å². The van der Waals surface area contributed by atoms with Gasteiger partial charge in [0.2, 0.25) is 0 Å². The van der Waals surface area contributed by atoms with Crippen molar-refractivity contribution >= 4 is 45.1 Å². The third-order valence-corrected chi connectivity index (χ3v) is 4.97. The average Bonchev–Trinajstić information content (AvgIpc) is 2.94. The topological polar surface area (TPSA) is 49.0 Å². The highest BCUT2D eigenvalue weighted by atomic mass is 35.5. The summed E-state index contributed by atoms with van der Waals surface area (Å²) in [6.45, 7) is 0.311. The van der Waals surface area contributed by atoms with Gasteiger partial charge in [-0.3, -0.25) is 9.36 Å². The molecule has 0 aliphatic rings. The number of fused-ring (bicyclic) bond motifs is 3. The molecule has 26 heavy (non-hydrogen) atoms. The zero-order valence-electron chi connectivity index (χ0n) is 14.2. The lowest BCUT2D eigenvalue weighted by Crippen LogP contribution is -2.20. The molecule has 0 amide bonds. The normalized spacial score (nSPS) is 11.5. The lowest BCUT2D eigenvalue weighted by atomic mass is 10.1. The van der Waals surface area contributed by atoms with Crippen LogP contribution in [-0.4, -0.2) is 21.2 Å². The molecule has 0 atom stereocenters. The molecule has 4 rings (SSSR count). The number of aryl methyl sites for hydroxylation is 1. The minimum Gasteiger partial charge on any atom is -0.377 e. The van der Waals surface area contributed by atoms with Crippen LogP contribution in [0.3, 0.4) is 0 Å². The summed E-state index contributed by atoms with van der Waals surface area (Å²) >= 11 is 12.6. The summed E-state index contributed by atoms with van der Waals surface area (Å²) in [4.78, 5) is 17.8. The maximum atomic E-state index is 13.3. The number of nitrogens with zero attached hydrogens (tertiary/aromatic N) is 3. The van der Waals surface area contributed by atoms with Crippen molar-refractivity contribution in [3.63, 3.8) is 0 Å². The summed E-state index contributed by atoms with van der Waals surface area (Å²) in [5.74, 6) is 0.674. The van der Waals surface area contributed by atoms with Crippen molar-refractivity contribution < 1.29 is 4.74 Å². The maximum Gasteiger partial charge on any atom is 0.283 e. The quantitative estimate of drug-likeness (QED) is 0.525. The minimum atomic E-state index is -0.249. The molecule has 132 valence electrons. The fourth-order valence-electron chi connectivity index (χ4n) is 3.24. The second kappa shape index (κ2) is 6.43. The van der Waals surface area contributed by atoms with Gasteiger partial charge in [0.15, 0.2) is 5.52 Å². The van der Waals surface area contributed by atoms with E-state index in [-0.39, 0.29) is 5.56 Å². The molecule has 0 fully saturated rings. The highest BCUT2D eigenvalue weighted by Gasteiger charge is 2.19. The smallest absolute Gasteiger partial charge is 0.283 e. The van der Waals surface area contributed by atoms with Crippen LogP contribution in [0.4, 0.5) is 0 Å². The molecule has 0 unspecified atom stereocenters. The van der Waals surface area contributed by atoms with Gasteiger partial charge in [0, 0.05) is 24.6 Å². The molecule has 2 heterocycles. The van der Waals surface area contributed by atoms with Gasteiger partial charge in [-0.25, -0.2) is 4.98 Å². The monoisotopic (exact) mass is 387 g/mol. The molecule has 0 radical (unpaired) electrons. The first kappa shape index (κ1) is 17.1. The first-order chi connectivity index (χ1) is 12.5. The predicted molar refractivity (Wildman–Crippen MR) is 105 cm³/mol. The van der Waals surface area contributed by atoms with Crippen LogP contribution in [0.1, 0.15) is 5.82 Å². The van der Waals surface area contributed by atoms with E-state index in [9.17, 15) is 4.79 Å². The lowest BCUT2D eigenvalue weighted by molar-refractivity contribution is 0.176. The maximum absolute atomic E-state index is 13.3. The van der Waals surface area contributed by atoms with Gasteiger partial charge in [-0.1, -0.05) is 35.3 Å². The van der Waals surface area contributed by atoms with E-state index in [1.807, 2.05) is 29.8 Å². The molecule has 0 bridgehead atoms. The van der Waals surface area contributed by atoms with Crippen LogP contribution in [0.15, 0.2) is 47.3 Å². The Morgan fingerprint density at radius 1 is 1.15 bits per heavy atom. The van der Waals surface area contributed by atoms with Gasteiger partial charge in [0.05, 0.1) is 21.7 Å². The molecule has 0 saturated carbocycles. The summed E-state index contributed by atoms with van der Waals surface area (Å²) in [5.41, 5.74) is 2.13. The van der Waals surface area contributed by atoms with E-state index >= 15 is 0 Å². The van der Waals surface area contributed by atoms with E-state index < -0.39 is 0 Å².